The first-order valence-corrected chi connectivity index (χ1v) is 8.92. The largest absolute Gasteiger partial charge is 0.497 e. The van der Waals surface area contributed by atoms with Gasteiger partial charge in [-0.15, -0.1) is 0 Å². The topological polar surface area (TPSA) is 100 Å². The average molecular weight is 368 g/mol. The van der Waals surface area contributed by atoms with Gasteiger partial charge in [-0.2, -0.15) is 0 Å². The van der Waals surface area contributed by atoms with Gasteiger partial charge in [0.25, 0.3) is 5.56 Å². The van der Waals surface area contributed by atoms with Crippen molar-refractivity contribution in [2.45, 2.75) is 25.3 Å². The fourth-order valence-corrected chi connectivity index (χ4v) is 3.12. The Morgan fingerprint density at radius 3 is 2.89 bits per heavy atom. The second-order valence-corrected chi connectivity index (χ2v) is 6.40. The van der Waals surface area contributed by atoms with Crippen molar-refractivity contribution in [3.63, 3.8) is 0 Å². The van der Waals surface area contributed by atoms with Crippen LogP contribution in [0.1, 0.15) is 35.4 Å². The van der Waals surface area contributed by atoms with Crippen LogP contribution >= 0.6 is 0 Å². The predicted octanol–water partition coefficient (Wildman–Crippen LogP) is 2.60. The number of methoxy groups -OCH3 is 1. The van der Waals surface area contributed by atoms with E-state index in [1.54, 1.807) is 13.2 Å². The molecule has 3 N–H and O–H groups in total. The maximum absolute atomic E-state index is 12.4. The average Bonchev–Trinajstić information content (AvgIpc) is 2.69. The van der Waals surface area contributed by atoms with E-state index >= 15 is 0 Å². The molecule has 1 aromatic heterocycles. The summed E-state index contributed by atoms with van der Waals surface area (Å²) in [6.45, 7) is 5.21. The Kier molecular flexibility index (Phi) is 6.03. The minimum absolute atomic E-state index is 0.185. The van der Waals surface area contributed by atoms with Gasteiger partial charge in [0.1, 0.15) is 17.4 Å². The molecule has 0 amide bonds. The summed E-state index contributed by atoms with van der Waals surface area (Å²) in [5.41, 5.74) is 1.82. The lowest BCUT2D eigenvalue weighted by Crippen LogP contribution is -2.30. The van der Waals surface area contributed by atoms with Crippen molar-refractivity contribution in [1.82, 2.24) is 9.97 Å². The Balaban J connectivity index is 1.91. The Bertz CT molecular complexity index is 885. The summed E-state index contributed by atoms with van der Waals surface area (Å²) in [5, 5.41) is 10.9. The van der Waals surface area contributed by atoms with Gasteiger partial charge >= 0.3 is 0 Å². The van der Waals surface area contributed by atoms with Crippen LogP contribution in [0.25, 0.3) is 6.08 Å². The van der Waals surface area contributed by atoms with Crippen LogP contribution in [-0.4, -0.2) is 42.5 Å². The van der Waals surface area contributed by atoms with E-state index in [4.69, 9.17) is 14.9 Å². The van der Waals surface area contributed by atoms with Crippen LogP contribution < -0.4 is 15.6 Å². The summed E-state index contributed by atoms with van der Waals surface area (Å²) >= 11 is 0. The highest BCUT2D eigenvalue weighted by atomic mass is 16.5. The highest BCUT2D eigenvalue weighted by Crippen LogP contribution is 2.21. The van der Waals surface area contributed by atoms with Crippen LogP contribution in [0.15, 0.2) is 29.6 Å². The van der Waals surface area contributed by atoms with Gasteiger partial charge in [0, 0.05) is 31.9 Å². The molecule has 0 radical (unpaired) electrons. The summed E-state index contributed by atoms with van der Waals surface area (Å²) in [6, 6.07) is 5.89. The smallest absolute Gasteiger partial charge is 0.261 e. The van der Waals surface area contributed by atoms with Crippen molar-refractivity contribution >= 4 is 18.1 Å². The summed E-state index contributed by atoms with van der Waals surface area (Å²) < 4.78 is 10.6. The molecule has 1 saturated heterocycles. The fraction of sp³-hybridized carbons (Fsp3) is 0.350. The van der Waals surface area contributed by atoms with E-state index in [0.29, 0.717) is 31.3 Å². The van der Waals surface area contributed by atoms with Gasteiger partial charge in [-0.1, -0.05) is 18.7 Å². The zero-order chi connectivity index (χ0) is 19.2. The van der Waals surface area contributed by atoms with Crippen LogP contribution in [0.4, 0.5) is 5.82 Å². The summed E-state index contributed by atoms with van der Waals surface area (Å²) in [5.74, 6) is 1.73. The minimum atomic E-state index is -0.321. The normalized spacial score (nSPS) is 14.6. The van der Waals surface area contributed by atoms with Gasteiger partial charge in [-0.05, 0) is 36.1 Å². The molecule has 0 aliphatic carbocycles. The summed E-state index contributed by atoms with van der Waals surface area (Å²) in [7, 11) is 1.62. The molecule has 2 heterocycles. The molecule has 0 atom stereocenters. The number of nitrogens with zero attached hydrogens (tertiary/aromatic N) is 1. The molecular formula is C20H24N4O3. The molecule has 27 heavy (non-hydrogen) atoms. The van der Waals surface area contributed by atoms with Crippen molar-refractivity contribution in [1.29, 1.82) is 5.41 Å². The monoisotopic (exact) mass is 368 g/mol. The van der Waals surface area contributed by atoms with Crippen molar-refractivity contribution in [3.05, 3.63) is 57.6 Å². The van der Waals surface area contributed by atoms with Gasteiger partial charge in [0.2, 0.25) is 0 Å². The van der Waals surface area contributed by atoms with Crippen molar-refractivity contribution in [2.24, 2.45) is 0 Å². The zero-order valence-corrected chi connectivity index (χ0v) is 15.4. The van der Waals surface area contributed by atoms with Crippen LogP contribution in [0.2, 0.25) is 0 Å². The Labute approximate surface area is 158 Å². The zero-order valence-electron chi connectivity index (χ0n) is 15.4. The Morgan fingerprint density at radius 1 is 1.44 bits per heavy atom. The number of anilines is 1. The molecule has 142 valence electrons. The second kappa shape index (κ2) is 8.64. The van der Waals surface area contributed by atoms with Gasteiger partial charge < -0.3 is 25.2 Å². The molecule has 1 aliphatic heterocycles. The Morgan fingerprint density at radius 2 is 2.22 bits per heavy atom. The lowest BCUT2D eigenvalue weighted by Gasteiger charge is -2.24. The fourth-order valence-electron chi connectivity index (χ4n) is 3.12. The maximum Gasteiger partial charge on any atom is 0.261 e. The number of rotatable bonds is 7. The molecule has 0 unspecified atom stereocenters. The van der Waals surface area contributed by atoms with Gasteiger partial charge in [-0.25, -0.2) is 4.98 Å². The Hall–Kier alpha value is -2.93. The number of hydrogen-bond acceptors (Lipinski definition) is 6. The highest BCUT2D eigenvalue weighted by Gasteiger charge is 2.18. The van der Waals surface area contributed by atoms with E-state index in [1.807, 2.05) is 18.2 Å². The molecule has 7 nitrogen and oxygen atoms in total. The third kappa shape index (κ3) is 4.43. The highest BCUT2D eigenvalue weighted by molar-refractivity contribution is 5.83. The van der Waals surface area contributed by atoms with E-state index in [9.17, 15) is 4.79 Å². The van der Waals surface area contributed by atoms with Gasteiger partial charge in [0.15, 0.2) is 0 Å². The number of nitrogens with one attached hydrogen (secondary N) is 3. The van der Waals surface area contributed by atoms with Gasteiger partial charge in [0.05, 0.1) is 12.7 Å². The van der Waals surface area contributed by atoms with Crippen LogP contribution in [0, 0.1) is 5.41 Å². The van der Waals surface area contributed by atoms with E-state index in [2.05, 4.69) is 21.9 Å². The first kappa shape index (κ1) is 18.8. The van der Waals surface area contributed by atoms with E-state index in [1.165, 1.54) is 0 Å². The van der Waals surface area contributed by atoms with Crippen LogP contribution in [0.3, 0.4) is 0 Å². The number of benzene rings is 1. The first-order valence-electron chi connectivity index (χ1n) is 8.92. The third-order valence-electron chi connectivity index (χ3n) is 4.64. The van der Waals surface area contributed by atoms with Crippen LogP contribution in [-0.2, 0) is 11.2 Å². The maximum atomic E-state index is 12.4. The molecule has 7 heteroatoms. The van der Waals surface area contributed by atoms with E-state index in [0.717, 1.165) is 35.9 Å². The van der Waals surface area contributed by atoms with E-state index in [-0.39, 0.29) is 17.2 Å². The standard InChI is InChI=1S/C20H24N4O3/c1-3-13-10-16(26-2)5-4-14(13)11-18-23-19(17(12-21)20(25)24-18)22-15-6-8-27-9-7-15/h3-5,10,12,15,21H,1,6-9,11H2,2H3,(H2,22,23,24,25). The molecule has 3 rings (SSSR count). The molecule has 2 aromatic rings. The van der Waals surface area contributed by atoms with Crippen molar-refractivity contribution in [3.8, 4) is 5.75 Å². The molecule has 0 saturated carbocycles. The number of hydrogen-bond donors (Lipinski definition) is 3. The quantitative estimate of drug-likeness (QED) is 0.652. The van der Waals surface area contributed by atoms with E-state index < -0.39 is 0 Å². The molecule has 0 spiro atoms. The molecule has 1 aliphatic rings. The lowest BCUT2D eigenvalue weighted by molar-refractivity contribution is 0.0904. The molecule has 0 bridgehead atoms. The first-order chi connectivity index (χ1) is 13.1. The second-order valence-electron chi connectivity index (χ2n) is 6.40. The number of H-pyrrole nitrogens is 1. The molecular weight excluding hydrogens is 344 g/mol. The number of aromatic amines is 1. The summed E-state index contributed by atoms with van der Waals surface area (Å²) in [6.07, 6.45) is 4.94. The SMILES string of the molecule is C=Cc1cc(OC)ccc1Cc1nc(NC2CCOCC2)c(C=N)c(=O)[nH]1. The van der Waals surface area contributed by atoms with Crippen molar-refractivity contribution < 1.29 is 9.47 Å². The minimum Gasteiger partial charge on any atom is -0.497 e. The molecule has 1 fully saturated rings. The summed E-state index contributed by atoms with van der Waals surface area (Å²) in [4.78, 5) is 19.8. The lowest BCUT2D eigenvalue weighted by atomic mass is 10.0. The third-order valence-corrected chi connectivity index (χ3v) is 4.64. The van der Waals surface area contributed by atoms with Crippen molar-refractivity contribution in [2.75, 3.05) is 25.6 Å². The van der Waals surface area contributed by atoms with Crippen LogP contribution in [0.5, 0.6) is 5.75 Å². The number of aromatic nitrogens is 2. The number of ether oxygens (including phenoxy) is 2. The predicted molar refractivity (Wildman–Crippen MR) is 106 cm³/mol. The molecule has 1 aromatic carbocycles. The van der Waals surface area contributed by atoms with Gasteiger partial charge in [-0.3, -0.25) is 4.79 Å².